The number of hydrogen-bond acceptors (Lipinski definition) is 5. The second-order valence-electron chi connectivity index (χ2n) is 4.00. The standard InChI is InChI=1S/C14H8N2OS2/c1-3-7-11-9(5-1)15-13(18-11)17-14-16-10-6-2-4-8-12(10)19-14/h1-8H. The molecule has 0 aliphatic heterocycles. The number of aromatic nitrogens is 2. The summed E-state index contributed by atoms with van der Waals surface area (Å²) in [5.74, 6) is 0. The van der Waals surface area contributed by atoms with Crippen LogP contribution in [0.15, 0.2) is 48.5 Å². The Hall–Kier alpha value is -1.98. The number of nitrogens with zero attached hydrogens (tertiary/aromatic N) is 2. The fourth-order valence-corrected chi connectivity index (χ4v) is 3.55. The third-order valence-electron chi connectivity index (χ3n) is 2.72. The number of fused-ring (bicyclic) bond motifs is 2. The Labute approximate surface area is 117 Å². The summed E-state index contributed by atoms with van der Waals surface area (Å²) in [7, 11) is 0. The van der Waals surface area contributed by atoms with E-state index in [0.29, 0.717) is 10.4 Å². The summed E-state index contributed by atoms with van der Waals surface area (Å²) in [6.45, 7) is 0. The van der Waals surface area contributed by atoms with E-state index in [9.17, 15) is 0 Å². The molecule has 2 aromatic carbocycles. The molecule has 92 valence electrons. The Kier molecular flexibility index (Phi) is 2.46. The molecule has 0 aliphatic carbocycles. The Balaban J connectivity index is 1.73. The Morgan fingerprint density at radius 1 is 0.684 bits per heavy atom. The second-order valence-corrected chi connectivity index (χ2v) is 5.98. The van der Waals surface area contributed by atoms with Crippen molar-refractivity contribution < 1.29 is 4.74 Å². The lowest BCUT2D eigenvalue weighted by molar-refractivity contribution is 0.478. The van der Waals surface area contributed by atoms with Gasteiger partial charge in [0.1, 0.15) is 0 Å². The maximum absolute atomic E-state index is 5.76. The topological polar surface area (TPSA) is 35.0 Å². The summed E-state index contributed by atoms with van der Waals surface area (Å²) in [6.07, 6.45) is 0. The van der Waals surface area contributed by atoms with Gasteiger partial charge >= 0.3 is 0 Å². The van der Waals surface area contributed by atoms with E-state index in [1.54, 1.807) is 0 Å². The van der Waals surface area contributed by atoms with Crippen molar-refractivity contribution in [3.63, 3.8) is 0 Å². The van der Waals surface area contributed by atoms with E-state index < -0.39 is 0 Å². The van der Waals surface area contributed by atoms with Gasteiger partial charge in [-0.15, -0.1) is 0 Å². The van der Waals surface area contributed by atoms with Crippen molar-refractivity contribution in [2.45, 2.75) is 0 Å². The predicted molar refractivity (Wildman–Crippen MR) is 79.3 cm³/mol. The zero-order valence-corrected chi connectivity index (χ0v) is 11.4. The highest BCUT2D eigenvalue weighted by Gasteiger charge is 2.09. The quantitative estimate of drug-likeness (QED) is 0.535. The fourth-order valence-electron chi connectivity index (χ4n) is 1.86. The predicted octanol–water partition coefficient (Wildman–Crippen LogP) is 4.70. The lowest BCUT2D eigenvalue weighted by Gasteiger charge is -1.92. The molecule has 3 nitrogen and oxygen atoms in total. The summed E-state index contributed by atoms with van der Waals surface area (Å²) in [4.78, 5) is 8.88. The van der Waals surface area contributed by atoms with Crippen molar-refractivity contribution in [3.8, 4) is 10.4 Å². The van der Waals surface area contributed by atoms with Crippen LogP contribution in [0.2, 0.25) is 0 Å². The molecule has 4 aromatic rings. The molecule has 5 heteroatoms. The molecular formula is C14H8N2OS2. The molecule has 0 amide bonds. The lowest BCUT2D eigenvalue weighted by Crippen LogP contribution is -1.80. The van der Waals surface area contributed by atoms with E-state index in [0.717, 1.165) is 20.4 Å². The van der Waals surface area contributed by atoms with E-state index in [1.807, 2.05) is 48.5 Å². The van der Waals surface area contributed by atoms with E-state index >= 15 is 0 Å². The molecule has 0 aliphatic rings. The molecular weight excluding hydrogens is 276 g/mol. The number of para-hydroxylation sites is 2. The van der Waals surface area contributed by atoms with Crippen LogP contribution in [0, 0.1) is 0 Å². The van der Waals surface area contributed by atoms with Gasteiger partial charge < -0.3 is 4.74 Å². The number of benzene rings is 2. The fraction of sp³-hybridized carbons (Fsp3) is 0. The molecule has 0 radical (unpaired) electrons. The maximum atomic E-state index is 5.76. The smallest absolute Gasteiger partial charge is 0.281 e. The molecule has 0 fully saturated rings. The van der Waals surface area contributed by atoms with Gasteiger partial charge in [-0.05, 0) is 24.3 Å². The zero-order valence-electron chi connectivity index (χ0n) is 9.74. The van der Waals surface area contributed by atoms with Gasteiger partial charge in [0.25, 0.3) is 10.4 Å². The van der Waals surface area contributed by atoms with Crippen LogP contribution in [0.3, 0.4) is 0 Å². The van der Waals surface area contributed by atoms with E-state index in [-0.39, 0.29) is 0 Å². The second kappa shape index (κ2) is 4.29. The van der Waals surface area contributed by atoms with Crippen LogP contribution in [-0.4, -0.2) is 9.97 Å². The van der Waals surface area contributed by atoms with E-state index in [2.05, 4.69) is 9.97 Å². The van der Waals surface area contributed by atoms with Gasteiger partial charge in [0, 0.05) is 0 Å². The molecule has 0 N–H and O–H groups in total. The van der Waals surface area contributed by atoms with Crippen LogP contribution in [0.4, 0.5) is 0 Å². The molecule has 0 unspecified atom stereocenters. The van der Waals surface area contributed by atoms with Crippen molar-refractivity contribution in [2.75, 3.05) is 0 Å². The summed E-state index contributed by atoms with van der Waals surface area (Å²) < 4.78 is 8.01. The van der Waals surface area contributed by atoms with Crippen LogP contribution in [0.1, 0.15) is 0 Å². The summed E-state index contributed by atoms with van der Waals surface area (Å²) in [6, 6.07) is 16.0. The zero-order chi connectivity index (χ0) is 12.7. The van der Waals surface area contributed by atoms with Crippen molar-refractivity contribution in [2.24, 2.45) is 0 Å². The summed E-state index contributed by atoms with van der Waals surface area (Å²) >= 11 is 3.07. The van der Waals surface area contributed by atoms with Gasteiger partial charge in [-0.2, -0.15) is 0 Å². The minimum atomic E-state index is 0.639. The number of thiazole rings is 2. The maximum Gasteiger partial charge on any atom is 0.281 e. The van der Waals surface area contributed by atoms with Crippen molar-refractivity contribution >= 4 is 43.1 Å². The molecule has 19 heavy (non-hydrogen) atoms. The first-order valence-electron chi connectivity index (χ1n) is 5.77. The largest absolute Gasteiger partial charge is 0.402 e. The van der Waals surface area contributed by atoms with Crippen LogP contribution in [-0.2, 0) is 0 Å². The molecule has 0 saturated heterocycles. The number of hydrogen-bond donors (Lipinski definition) is 0. The van der Waals surface area contributed by atoms with Gasteiger partial charge in [0.05, 0.1) is 20.4 Å². The minimum Gasteiger partial charge on any atom is -0.402 e. The van der Waals surface area contributed by atoms with Gasteiger partial charge in [-0.25, -0.2) is 9.97 Å². The average Bonchev–Trinajstić information content (AvgIpc) is 3.00. The Morgan fingerprint density at radius 3 is 1.63 bits per heavy atom. The van der Waals surface area contributed by atoms with Gasteiger partial charge in [-0.1, -0.05) is 46.9 Å². The highest BCUT2D eigenvalue weighted by atomic mass is 32.1. The lowest BCUT2D eigenvalue weighted by atomic mass is 10.3. The first-order valence-corrected chi connectivity index (χ1v) is 7.41. The Morgan fingerprint density at radius 2 is 1.16 bits per heavy atom. The van der Waals surface area contributed by atoms with Crippen LogP contribution < -0.4 is 4.74 Å². The normalized spacial score (nSPS) is 11.2. The first-order chi connectivity index (χ1) is 9.38. The number of rotatable bonds is 2. The third-order valence-corrected chi connectivity index (χ3v) is 4.55. The molecule has 0 atom stereocenters. The molecule has 0 saturated carbocycles. The first kappa shape index (κ1) is 10.9. The molecule has 2 heterocycles. The van der Waals surface area contributed by atoms with Gasteiger partial charge in [0.15, 0.2) is 0 Å². The average molecular weight is 284 g/mol. The van der Waals surface area contributed by atoms with E-state index in [1.165, 1.54) is 22.7 Å². The van der Waals surface area contributed by atoms with Gasteiger partial charge in [-0.3, -0.25) is 0 Å². The van der Waals surface area contributed by atoms with Crippen LogP contribution >= 0.6 is 22.7 Å². The van der Waals surface area contributed by atoms with Crippen LogP contribution in [0.25, 0.3) is 20.4 Å². The van der Waals surface area contributed by atoms with Crippen LogP contribution in [0.5, 0.6) is 10.4 Å². The Bertz CT molecular complexity index is 728. The molecule has 0 spiro atoms. The summed E-state index contributed by atoms with van der Waals surface area (Å²) in [5, 5.41) is 1.28. The molecule has 2 aromatic heterocycles. The minimum absolute atomic E-state index is 0.639. The van der Waals surface area contributed by atoms with Gasteiger partial charge in [0.2, 0.25) is 0 Å². The summed E-state index contributed by atoms with van der Waals surface area (Å²) in [5.41, 5.74) is 1.92. The van der Waals surface area contributed by atoms with Crippen molar-refractivity contribution in [1.29, 1.82) is 0 Å². The highest BCUT2D eigenvalue weighted by Crippen LogP contribution is 2.34. The SMILES string of the molecule is c1ccc2sc(Oc3nc4ccccc4s3)nc2c1. The molecule has 0 bridgehead atoms. The number of ether oxygens (including phenoxy) is 1. The van der Waals surface area contributed by atoms with Crippen molar-refractivity contribution in [3.05, 3.63) is 48.5 Å². The third kappa shape index (κ3) is 1.97. The molecule has 4 rings (SSSR count). The highest BCUT2D eigenvalue weighted by molar-refractivity contribution is 7.21. The van der Waals surface area contributed by atoms with E-state index in [4.69, 9.17) is 4.74 Å². The van der Waals surface area contributed by atoms with Crippen molar-refractivity contribution in [1.82, 2.24) is 9.97 Å². The monoisotopic (exact) mass is 284 g/mol.